The monoisotopic (exact) mass is 251 g/mol. The highest BCUT2D eigenvalue weighted by molar-refractivity contribution is 5.52. The zero-order chi connectivity index (χ0) is 13.2. The minimum Gasteiger partial charge on any atom is -0.385 e. The lowest BCUT2D eigenvalue weighted by Crippen LogP contribution is -2.09. The summed E-state index contributed by atoms with van der Waals surface area (Å²) in [5.74, 6) is 0.548. The third kappa shape index (κ3) is 5.52. The van der Waals surface area contributed by atoms with Gasteiger partial charge in [-0.1, -0.05) is 32.0 Å². The van der Waals surface area contributed by atoms with E-state index >= 15 is 0 Å². The van der Waals surface area contributed by atoms with Crippen LogP contribution in [0.5, 0.6) is 0 Å². The van der Waals surface area contributed by atoms with Gasteiger partial charge in [0.15, 0.2) is 0 Å². The van der Waals surface area contributed by atoms with E-state index in [0.29, 0.717) is 19.1 Å². The van der Waals surface area contributed by atoms with Gasteiger partial charge in [0, 0.05) is 25.9 Å². The maximum absolute atomic E-state index is 5.42. The van der Waals surface area contributed by atoms with Gasteiger partial charge in [-0.15, -0.1) is 0 Å². The van der Waals surface area contributed by atoms with E-state index in [4.69, 9.17) is 9.47 Å². The summed E-state index contributed by atoms with van der Waals surface area (Å²) < 4.78 is 10.3. The van der Waals surface area contributed by atoms with Crippen molar-refractivity contribution in [3.8, 4) is 0 Å². The molecule has 0 radical (unpaired) electrons. The van der Waals surface area contributed by atoms with Gasteiger partial charge in [0.2, 0.25) is 0 Å². The van der Waals surface area contributed by atoms with Crippen LogP contribution in [0.3, 0.4) is 0 Å². The van der Waals surface area contributed by atoms with Crippen molar-refractivity contribution in [2.75, 3.05) is 38.8 Å². The number of hydrogen-bond acceptors (Lipinski definition) is 3. The summed E-state index contributed by atoms with van der Waals surface area (Å²) in [5, 5.41) is 3.47. The molecule has 3 heteroatoms. The van der Waals surface area contributed by atoms with Crippen LogP contribution in [0, 0.1) is 0 Å². The van der Waals surface area contributed by atoms with Crippen molar-refractivity contribution in [3.63, 3.8) is 0 Å². The molecule has 0 aromatic heterocycles. The fourth-order valence-electron chi connectivity index (χ4n) is 1.80. The van der Waals surface area contributed by atoms with Gasteiger partial charge in [-0.2, -0.15) is 0 Å². The first kappa shape index (κ1) is 15.0. The van der Waals surface area contributed by atoms with Crippen LogP contribution in [-0.2, 0) is 9.47 Å². The third-order valence-corrected chi connectivity index (χ3v) is 2.80. The highest BCUT2D eigenvalue weighted by Gasteiger charge is 2.04. The Labute approximate surface area is 110 Å². The maximum Gasteiger partial charge on any atom is 0.0700 e. The van der Waals surface area contributed by atoms with Crippen molar-refractivity contribution in [3.05, 3.63) is 29.8 Å². The zero-order valence-electron chi connectivity index (χ0n) is 11.7. The fraction of sp³-hybridized carbons (Fsp3) is 0.600. The van der Waals surface area contributed by atoms with Crippen LogP contribution in [0.1, 0.15) is 31.7 Å². The number of ether oxygens (including phenoxy) is 2. The summed E-state index contributed by atoms with van der Waals surface area (Å²) >= 11 is 0. The Morgan fingerprint density at radius 2 is 1.89 bits per heavy atom. The lowest BCUT2D eigenvalue weighted by Gasteiger charge is -2.14. The Bertz CT molecular complexity index is 326. The smallest absolute Gasteiger partial charge is 0.0700 e. The molecular weight excluding hydrogens is 226 g/mol. The second-order valence-electron chi connectivity index (χ2n) is 4.63. The van der Waals surface area contributed by atoms with E-state index in [1.54, 1.807) is 7.11 Å². The normalized spacial score (nSPS) is 10.9. The van der Waals surface area contributed by atoms with Gasteiger partial charge in [-0.3, -0.25) is 0 Å². The highest BCUT2D eigenvalue weighted by Crippen LogP contribution is 2.23. The van der Waals surface area contributed by atoms with E-state index in [9.17, 15) is 0 Å². The first-order valence-electron chi connectivity index (χ1n) is 6.65. The summed E-state index contributed by atoms with van der Waals surface area (Å²) in [6.45, 7) is 7.50. The summed E-state index contributed by atoms with van der Waals surface area (Å²) in [6, 6.07) is 8.49. The second kappa shape index (κ2) is 8.95. The minimum atomic E-state index is 0.548. The molecule has 0 atom stereocenters. The fourth-order valence-corrected chi connectivity index (χ4v) is 1.80. The number of hydrogen-bond donors (Lipinski definition) is 1. The van der Waals surface area contributed by atoms with E-state index in [1.165, 1.54) is 11.3 Å². The van der Waals surface area contributed by atoms with Gasteiger partial charge < -0.3 is 14.8 Å². The molecule has 0 aliphatic heterocycles. The average molecular weight is 251 g/mol. The predicted octanol–water partition coefficient (Wildman–Crippen LogP) is 3.28. The van der Waals surface area contributed by atoms with Gasteiger partial charge in [-0.05, 0) is 24.0 Å². The van der Waals surface area contributed by atoms with Crippen LogP contribution in [0.15, 0.2) is 24.3 Å². The number of rotatable bonds is 9. The molecule has 1 rings (SSSR count). The molecule has 0 amide bonds. The van der Waals surface area contributed by atoms with E-state index in [-0.39, 0.29) is 0 Å². The average Bonchev–Trinajstić information content (AvgIpc) is 2.38. The van der Waals surface area contributed by atoms with Crippen LogP contribution < -0.4 is 5.32 Å². The van der Waals surface area contributed by atoms with Gasteiger partial charge in [0.1, 0.15) is 0 Å². The number of para-hydroxylation sites is 1. The molecule has 0 unspecified atom stereocenters. The molecule has 1 aromatic rings. The standard InChI is InChI=1S/C15H25NO2/c1-13(2)14-7-4-5-8-15(14)16-9-6-10-18-12-11-17-3/h4-5,7-8,13,16H,6,9-12H2,1-3H3. The quantitative estimate of drug-likeness (QED) is 0.683. The van der Waals surface area contributed by atoms with Crippen molar-refractivity contribution in [1.82, 2.24) is 0 Å². The van der Waals surface area contributed by atoms with E-state index in [0.717, 1.165) is 19.6 Å². The molecule has 0 aliphatic rings. The molecule has 102 valence electrons. The third-order valence-electron chi connectivity index (χ3n) is 2.80. The molecular formula is C15H25NO2. The SMILES string of the molecule is COCCOCCCNc1ccccc1C(C)C. The van der Waals surface area contributed by atoms with Crippen molar-refractivity contribution >= 4 is 5.69 Å². The van der Waals surface area contributed by atoms with Gasteiger partial charge >= 0.3 is 0 Å². The molecule has 0 heterocycles. The Morgan fingerprint density at radius 3 is 2.61 bits per heavy atom. The molecule has 0 aliphatic carbocycles. The molecule has 0 fully saturated rings. The largest absolute Gasteiger partial charge is 0.385 e. The summed E-state index contributed by atoms with van der Waals surface area (Å²) in [6.07, 6.45) is 1.01. The van der Waals surface area contributed by atoms with E-state index in [2.05, 4.69) is 43.4 Å². The molecule has 0 saturated heterocycles. The highest BCUT2D eigenvalue weighted by atomic mass is 16.5. The van der Waals surface area contributed by atoms with Gasteiger partial charge in [0.05, 0.1) is 13.2 Å². The van der Waals surface area contributed by atoms with Crippen molar-refractivity contribution < 1.29 is 9.47 Å². The lowest BCUT2D eigenvalue weighted by molar-refractivity contribution is 0.0705. The van der Waals surface area contributed by atoms with Crippen LogP contribution in [0.2, 0.25) is 0 Å². The molecule has 18 heavy (non-hydrogen) atoms. The summed E-state index contributed by atoms with van der Waals surface area (Å²) in [7, 11) is 1.69. The van der Waals surface area contributed by atoms with E-state index < -0.39 is 0 Å². The van der Waals surface area contributed by atoms with E-state index in [1.807, 2.05) is 0 Å². The molecule has 1 aromatic carbocycles. The Kier molecular flexibility index (Phi) is 7.46. The second-order valence-corrected chi connectivity index (χ2v) is 4.63. The Morgan fingerprint density at radius 1 is 1.11 bits per heavy atom. The van der Waals surface area contributed by atoms with Gasteiger partial charge in [-0.25, -0.2) is 0 Å². The molecule has 0 saturated carbocycles. The van der Waals surface area contributed by atoms with Crippen molar-refractivity contribution in [2.24, 2.45) is 0 Å². The number of anilines is 1. The van der Waals surface area contributed by atoms with Crippen LogP contribution in [-0.4, -0.2) is 33.5 Å². The van der Waals surface area contributed by atoms with Crippen LogP contribution >= 0.6 is 0 Å². The first-order valence-corrected chi connectivity index (χ1v) is 6.65. The maximum atomic E-state index is 5.42. The Balaban J connectivity index is 2.23. The minimum absolute atomic E-state index is 0.548. The number of methoxy groups -OCH3 is 1. The topological polar surface area (TPSA) is 30.5 Å². The predicted molar refractivity (Wildman–Crippen MR) is 76.3 cm³/mol. The molecule has 3 nitrogen and oxygen atoms in total. The molecule has 0 spiro atoms. The van der Waals surface area contributed by atoms with Gasteiger partial charge in [0.25, 0.3) is 0 Å². The summed E-state index contributed by atoms with van der Waals surface area (Å²) in [4.78, 5) is 0. The zero-order valence-corrected chi connectivity index (χ0v) is 11.7. The van der Waals surface area contributed by atoms with Crippen LogP contribution in [0.25, 0.3) is 0 Å². The number of nitrogens with one attached hydrogen (secondary N) is 1. The number of benzene rings is 1. The first-order chi connectivity index (χ1) is 8.75. The van der Waals surface area contributed by atoms with Crippen molar-refractivity contribution in [2.45, 2.75) is 26.2 Å². The van der Waals surface area contributed by atoms with Crippen molar-refractivity contribution in [1.29, 1.82) is 0 Å². The summed E-state index contributed by atoms with van der Waals surface area (Å²) in [5.41, 5.74) is 2.61. The molecule has 1 N–H and O–H groups in total. The Hall–Kier alpha value is -1.06. The van der Waals surface area contributed by atoms with Crippen LogP contribution in [0.4, 0.5) is 5.69 Å². The lowest BCUT2D eigenvalue weighted by atomic mass is 10.0. The molecule has 0 bridgehead atoms.